The summed E-state index contributed by atoms with van der Waals surface area (Å²) in [6.45, 7) is 6.97. The average Bonchev–Trinajstić information content (AvgIpc) is 2.46. The van der Waals surface area contributed by atoms with Crippen molar-refractivity contribution in [3.05, 3.63) is 35.9 Å². The predicted octanol–water partition coefficient (Wildman–Crippen LogP) is 3.75. The molecule has 0 radical (unpaired) electrons. The van der Waals surface area contributed by atoms with Crippen LogP contribution in [0.5, 0.6) is 0 Å². The highest BCUT2D eigenvalue weighted by Gasteiger charge is 2.23. The Morgan fingerprint density at radius 3 is 2.67 bits per heavy atom. The zero-order valence-electron chi connectivity index (χ0n) is 13.3. The van der Waals surface area contributed by atoms with Crippen LogP contribution in [-0.4, -0.2) is 36.7 Å². The van der Waals surface area contributed by atoms with E-state index in [-0.39, 0.29) is 6.09 Å². The van der Waals surface area contributed by atoms with E-state index in [4.69, 9.17) is 4.74 Å². The first kappa shape index (κ1) is 15.4. The molecule has 1 amide bonds. The Morgan fingerprint density at radius 1 is 1.33 bits per heavy atom. The van der Waals surface area contributed by atoms with Gasteiger partial charge in [-0.25, -0.2) is 4.79 Å². The Bertz CT molecular complexity index is 544. The van der Waals surface area contributed by atoms with Crippen LogP contribution in [0, 0.1) is 0 Å². The minimum atomic E-state index is -0.442. The summed E-state index contributed by atoms with van der Waals surface area (Å²) in [7, 11) is 1.92. The molecule has 4 heteroatoms. The molecule has 0 unspecified atom stereocenters. The summed E-state index contributed by atoms with van der Waals surface area (Å²) in [5.74, 6) is 0. The maximum absolute atomic E-state index is 12.0. The molecule has 0 atom stereocenters. The monoisotopic (exact) mass is 288 g/mol. The molecule has 21 heavy (non-hydrogen) atoms. The lowest BCUT2D eigenvalue weighted by atomic mass is 9.99. The minimum Gasteiger partial charge on any atom is -0.444 e. The largest absolute Gasteiger partial charge is 0.444 e. The van der Waals surface area contributed by atoms with E-state index in [1.807, 2.05) is 40.0 Å². The number of hydrogen-bond acceptors (Lipinski definition) is 3. The molecule has 114 valence electrons. The topological polar surface area (TPSA) is 41.6 Å². The van der Waals surface area contributed by atoms with Gasteiger partial charge in [-0.05, 0) is 50.5 Å². The lowest BCUT2D eigenvalue weighted by Gasteiger charge is -2.29. The summed E-state index contributed by atoms with van der Waals surface area (Å²) in [6, 6.07) is 8.33. The van der Waals surface area contributed by atoms with Gasteiger partial charge in [0.2, 0.25) is 0 Å². The Labute approximate surface area is 126 Å². The van der Waals surface area contributed by atoms with E-state index in [1.165, 1.54) is 11.1 Å². The fraction of sp³-hybridized carbons (Fsp3) is 0.471. The van der Waals surface area contributed by atoms with E-state index in [2.05, 4.69) is 23.5 Å². The Morgan fingerprint density at radius 2 is 2.10 bits per heavy atom. The molecule has 0 aromatic heterocycles. The highest BCUT2D eigenvalue weighted by Crippen LogP contribution is 2.25. The van der Waals surface area contributed by atoms with Crippen molar-refractivity contribution in [2.75, 3.05) is 25.5 Å². The van der Waals surface area contributed by atoms with Crippen molar-refractivity contribution < 1.29 is 9.53 Å². The number of hydrogen-bond donors (Lipinski definition) is 1. The molecule has 1 aromatic rings. The molecule has 1 aliphatic heterocycles. The van der Waals surface area contributed by atoms with Crippen molar-refractivity contribution in [1.29, 1.82) is 0 Å². The van der Waals surface area contributed by atoms with E-state index < -0.39 is 5.60 Å². The van der Waals surface area contributed by atoms with Gasteiger partial charge in [0, 0.05) is 25.8 Å². The standard InChI is InChI=1S/C17H24N2O2/c1-17(2,3)21-16(20)19-10-8-13(9-11-19)14-6-5-7-15(12-14)18-4/h5-8,12,18H,9-11H2,1-4H3. The number of carbonyl (C=O) groups excluding carboxylic acids is 1. The summed E-state index contributed by atoms with van der Waals surface area (Å²) < 4.78 is 5.40. The van der Waals surface area contributed by atoms with E-state index in [9.17, 15) is 4.79 Å². The first-order valence-corrected chi connectivity index (χ1v) is 7.34. The fourth-order valence-corrected chi connectivity index (χ4v) is 2.30. The molecule has 0 saturated carbocycles. The summed E-state index contributed by atoms with van der Waals surface area (Å²) in [5, 5.41) is 3.15. The lowest BCUT2D eigenvalue weighted by Crippen LogP contribution is -2.39. The number of benzene rings is 1. The summed E-state index contributed by atoms with van der Waals surface area (Å²) in [4.78, 5) is 13.8. The van der Waals surface area contributed by atoms with Crippen LogP contribution in [0.1, 0.15) is 32.8 Å². The molecule has 0 saturated heterocycles. The highest BCUT2D eigenvalue weighted by atomic mass is 16.6. The Balaban J connectivity index is 2.03. The number of rotatable bonds is 2. The average molecular weight is 288 g/mol. The van der Waals surface area contributed by atoms with Gasteiger partial charge in [0.1, 0.15) is 5.60 Å². The second-order valence-electron chi connectivity index (χ2n) is 6.24. The van der Waals surface area contributed by atoms with Gasteiger partial charge in [-0.15, -0.1) is 0 Å². The number of ether oxygens (including phenoxy) is 1. The maximum atomic E-state index is 12.0. The zero-order valence-corrected chi connectivity index (χ0v) is 13.3. The van der Waals surface area contributed by atoms with E-state index in [0.29, 0.717) is 13.1 Å². The number of anilines is 1. The fourth-order valence-electron chi connectivity index (χ4n) is 2.30. The van der Waals surface area contributed by atoms with Crippen LogP contribution in [-0.2, 0) is 4.74 Å². The molecule has 4 nitrogen and oxygen atoms in total. The van der Waals surface area contributed by atoms with Crippen molar-refractivity contribution in [3.8, 4) is 0 Å². The second-order valence-corrected chi connectivity index (χ2v) is 6.24. The molecule has 1 N–H and O–H groups in total. The molecular weight excluding hydrogens is 264 g/mol. The molecule has 2 rings (SSSR count). The molecule has 1 aromatic carbocycles. The van der Waals surface area contributed by atoms with E-state index >= 15 is 0 Å². The van der Waals surface area contributed by atoms with Gasteiger partial charge < -0.3 is 15.0 Å². The van der Waals surface area contributed by atoms with Crippen LogP contribution in [0.2, 0.25) is 0 Å². The van der Waals surface area contributed by atoms with Crippen molar-refractivity contribution in [3.63, 3.8) is 0 Å². The molecule has 0 fully saturated rings. The summed E-state index contributed by atoms with van der Waals surface area (Å²) in [5.41, 5.74) is 3.16. The van der Waals surface area contributed by atoms with E-state index in [0.717, 1.165) is 12.1 Å². The second kappa shape index (κ2) is 6.20. The molecule has 1 aliphatic rings. The molecule has 0 spiro atoms. The normalized spacial score (nSPS) is 15.4. The first-order valence-electron chi connectivity index (χ1n) is 7.34. The lowest BCUT2D eigenvalue weighted by molar-refractivity contribution is 0.0270. The maximum Gasteiger partial charge on any atom is 0.410 e. The predicted molar refractivity (Wildman–Crippen MR) is 86.4 cm³/mol. The highest BCUT2D eigenvalue weighted by molar-refractivity contribution is 5.73. The van der Waals surface area contributed by atoms with Gasteiger partial charge >= 0.3 is 6.09 Å². The van der Waals surface area contributed by atoms with Crippen molar-refractivity contribution in [1.82, 2.24) is 4.90 Å². The van der Waals surface area contributed by atoms with Crippen LogP contribution >= 0.6 is 0 Å². The summed E-state index contributed by atoms with van der Waals surface area (Å²) >= 11 is 0. The van der Waals surface area contributed by atoms with E-state index in [1.54, 1.807) is 4.90 Å². The third kappa shape index (κ3) is 4.25. The van der Waals surface area contributed by atoms with Gasteiger partial charge in [-0.3, -0.25) is 0 Å². The zero-order chi connectivity index (χ0) is 15.5. The van der Waals surface area contributed by atoms with Crippen LogP contribution in [0.15, 0.2) is 30.3 Å². The number of nitrogens with zero attached hydrogens (tertiary/aromatic N) is 1. The van der Waals surface area contributed by atoms with Crippen molar-refractivity contribution >= 4 is 17.4 Å². The van der Waals surface area contributed by atoms with Gasteiger partial charge in [0.05, 0.1) is 0 Å². The quantitative estimate of drug-likeness (QED) is 0.901. The first-order chi connectivity index (χ1) is 9.89. The van der Waals surface area contributed by atoms with Crippen LogP contribution in [0.25, 0.3) is 5.57 Å². The smallest absolute Gasteiger partial charge is 0.410 e. The number of amides is 1. The van der Waals surface area contributed by atoms with Crippen LogP contribution in [0.3, 0.4) is 0 Å². The Kier molecular flexibility index (Phi) is 4.56. The Hall–Kier alpha value is -1.97. The summed E-state index contributed by atoms with van der Waals surface area (Å²) in [6.07, 6.45) is 2.73. The van der Waals surface area contributed by atoms with Gasteiger partial charge in [-0.1, -0.05) is 18.2 Å². The van der Waals surface area contributed by atoms with Gasteiger partial charge in [-0.2, -0.15) is 0 Å². The molecule has 0 aliphatic carbocycles. The van der Waals surface area contributed by atoms with Gasteiger partial charge in [0.25, 0.3) is 0 Å². The molecule has 1 heterocycles. The molecule has 0 bridgehead atoms. The van der Waals surface area contributed by atoms with Crippen LogP contribution < -0.4 is 5.32 Å². The minimum absolute atomic E-state index is 0.234. The van der Waals surface area contributed by atoms with Crippen molar-refractivity contribution in [2.24, 2.45) is 0 Å². The van der Waals surface area contributed by atoms with Crippen molar-refractivity contribution in [2.45, 2.75) is 32.8 Å². The molecular formula is C17H24N2O2. The third-order valence-electron chi connectivity index (χ3n) is 3.38. The number of carbonyl (C=O) groups is 1. The van der Waals surface area contributed by atoms with Gasteiger partial charge in [0.15, 0.2) is 0 Å². The number of nitrogens with one attached hydrogen (secondary N) is 1. The SMILES string of the molecule is CNc1cccc(C2=CCN(C(=O)OC(C)(C)C)CC2)c1. The van der Waals surface area contributed by atoms with Crippen LogP contribution in [0.4, 0.5) is 10.5 Å². The third-order valence-corrected chi connectivity index (χ3v) is 3.38.